The maximum absolute atomic E-state index is 12.4. The van der Waals surface area contributed by atoms with Gasteiger partial charge in [0.25, 0.3) is 9.05 Å². The number of aryl methyl sites for hydroxylation is 1. The lowest BCUT2D eigenvalue weighted by Gasteiger charge is -2.11. The van der Waals surface area contributed by atoms with Gasteiger partial charge in [0, 0.05) is 10.7 Å². The average Bonchev–Trinajstić information content (AvgIpc) is 2.00. The molecule has 2 nitrogen and oxygen atoms in total. The van der Waals surface area contributed by atoms with Crippen LogP contribution in [0, 0.1) is 6.92 Å². The third kappa shape index (κ3) is 2.85. The van der Waals surface area contributed by atoms with Gasteiger partial charge >= 0.3 is 6.18 Å². The molecule has 0 spiro atoms. The Bertz CT molecular complexity index is 479. The highest BCUT2D eigenvalue weighted by Gasteiger charge is 2.36. The summed E-state index contributed by atoms with van der Waals surface area (Å²) in [6.45, 7) is 1.43. The molecule has 1 rings (SSSR count). The van der Waals surface area contributed by atoms with Crippen molar-refractivity contribution in [2.75, 3.05) is 0 Å². The molecule has 0 radical (unpaired) electrons. The molecule has 0 fully saturated rings. The lowest BCUT2D eigenvalue weighted by molar-refractivity contribution is -0.139. The van der Waals surface area contributed by atoms with Crippen LogP contribution in [0.1, 0.15) is 11.1 Å². The van der Waals surface area contributed by atoms with E-state index >= 15 is 0 Å². The van der Waals surface area contributed by atoms with E-state index in [2.05, 4.69) is 0 Å². The van der Waals surface area contributed by atoms with Gasteiger partial charge in [-0.3, -0.25) is 0 Å². The van der Waals surface area contributed by atoms with Crippen molar-refractivity contribution < 1.29 is 21.6 Å². The van der Waals surface area contributed by atoms with Crippen molar-refractivity contribution >= 4 is 19.7 Å². The summed E-state index contributed by atoms with van der Waals surface area (Å²) in [4.78, 5) is -0.915. The molecule has 0 heterocycles. The van der Waals surface area contributed by atoms with Crippen molar-refractivity contribution in [1.82, 2.24) is 0 Å². The first-order valence-corrected chi connectivity index (χ1v) is 6.06. The lowest BCUT2D eigenvalue weighted by Crippen LogP contribution is -2.10. The van der Waals surface area contributed by atoms with E-state index in [0.717, 1.165) is 12.1 Å². The topological polar surface area (TPSA) is 34.1 Å². The Hall–Kier alpha value is -0.750. The summed E-state index contributed by atoms with van der Waals surface area (Å²) < 4.78 is 59.1. The molecule has 0 aliphatic carbocycles. The van der Waals surface area contributed by atoms with Crippen molar-refractivity contribution in [1.29, 1.82) is 0 Å². The second-order valence-corrected chi connectivity index (χ2v) is 5.47. The number of benzene rings is 1. The number of alkyl halides is 3. The van der Waals surface area contributed by atoms with Crippen LogP contribution in [0.4, 0.5) is 13.2 Å². The highest BCUT2D eigenvalue weighted by Crippen LogP contribution is 2.35. The molecule has 0 bridgehead atoms. The second-order valence-electron chi connectivity index (χ2n) is 2.94. The molecule has 0 aromatic heterocycles. The largest absolute Gasteiger partial charge is 0.417 e. The van der Waals surface area contributed by atoms with Crippen LogP contribution in [-0.2, 0) is 15.2 Å². The highest BCUT2D eigenvalue weighted by molar-refractivity contribution is 8.13. The maximum Gasteiger partial charge on any atom is 0.417 e. The molecule has 0 amide bonds. The molecule has 15 heavy (non-hydrogen) atoms. The third-order valence-corrected chi connectivity index (χ3v) is 3.08. The number of rotatable bonds is 1. The van der Waals surface area contributed by atoms with Crippen molar-refractivity contribution in [2.24, 2.45) is 0 Å². The van der Waals surface area contributed by atoms with Gasteiger partial charge in [-0.1, -0.05) is 11.6 Å². The molecule has 0 aliphatic heterocycles. The smallest absolute Gasteiger partial charge is 0.207 e. The van der Waals surface area contributed by atoms with Crippen LogP contribution in [0.2, 0.25) is 0 Å². The van der Waals surface area contributed by atoms with Crippen LogP contribution in [0.3, 0.4) is 0 Å². The Morgan fingerprint density at radius 3 is 2.20 bits per heavy atom. The zero-order chi connectivity index (χ0) is 11.9. The minimum absolute atomic E-state index is 0.311. The van der Waals surface area contributed by atoms with E-state index in [1.54, 1.807) is 0 Å². The summed E-state index contributed by atoms with van der Waals surface area (Å²) in [5, 5.41) is 0. The molecular weight excluding hydrogens is 253 g/mol. The van der Waals surface area contributed by atoms with Crippen molar-refractivity contribution in [2.45, 2.75) is 18.0 Å². The van der Waals surface area contributed by atoms with Crippen LogP contribution in [-0.4, -0.2) is 8.42 Å². The van der Waals surface area contributed by atoms with Gasteiger partial charge in [0.15, 0.2) is 0 Å². The van der Waals surface area contributed by atoms with Crippen LogP contribution >= 0.6 is 10.7 Å². The zero-order valence-electron chi connectivity index (χ0n) is 7.47. The minimum Gasteiger partial charge on any atom is -0.207 e. The van der Waals surface area contributed by atoms with E-state index in [1.165, 1.54) is 13.0 Å². The summed E-state index contributed by atoms with van der Waals surface area (Å²) in [6, 6.07) is 2.85. The Balaban J connectivity index is 3.55. The first-order valence-electron chi connectivity index (χ1n) is 3.75. The van der Waals surface area contributed by atoms with E-state index < -0.39 is 25.7 Å². The van der Waals surface area contributed by atoms with Gasteiger partial charge in [0.1, 0.15) is 0 Å². The standard InChI is InChI=1S/C8H6ClF3O2S/c1-5-2-3-7(15(9,13)14)6(4-5)8(10,11)12/h2-4H,1H3. The summed E-state index contributed by atoms with van der Waals surface area (Å²) in [6.07, 6.45) is -4.73. The van der Waals surface area contributed by atoms with Gasteiger partial charge < -0.3 is 0 Å². The predicted octanol–water partition coefficient (Wildman–Crippen LogP) is 2.94. The summed E-state index contributed by atoms with van der Waals surface area (Å²) in [7, 11) is 0.513. The van der Waals surface area contributed by atoms with Crippen LogP contribution < -0.4 is 0 Å². The van der Waals surface area contributed by atoms with E-state index in [-0.39, 0.29) is 0 Å². The highest BCUT2D eigenvalue weighted by atomic mass is 35.7. The average molecular weight is 259 g/mol. The molecule has 84 valence electrons. The number of hydrogen-bond donors (Lipinski definition) is 0. The third-order valence-electron chi connectivity index (χ3n) is 1.70. The fraction of sp³-hybridized carbons (Fsp3) is 0.250. The maximum atomic E-state index is 12.4. The molecular formula is C8H6ClF3O2S. The van der Waals surface area contributed by atoms with Gasteiger partial charge in [0.2, 0.25) is 0 Å². The normalized spacial score (nSPS) is 12.9. The molecule has 7 heteroatoms. The first-order chi connectivity index (χ1) is 6.62. The van der Waals surface area contributed by atoms with E-state index in [9.17, 15) is 21.6 Å². The Kier molecular flexibility index (Phi) is 3.02. The predicted molar refractivity (Wildman–Crippen MR) is 49.2 cm³/mol. The molecule has 0 aliphatic rings. The van der Waals surface area contributed by atoms with E-state index in [4.69, 9.17) is 10.7 Å². The Morgan fingerprint density at radius 2 is 1.80 bits per heavy atom. The Labute approximate surface area is 89.1 Å². The SMILES string of the molecule is Cc1ccc(S(=O)(=O)Cl)c(C(F)(F)F)c1. The van der Waals surface area contributed by atoms with Gasteiger partial charge in [-0.05, 0) is 19.1 Å². The van der Waals surface area contributed by atoms with Crippen molar-refractivity contribution in [3.8, 4) is 0 Å². The lowest BCUT2D eigenvalue weighted by atomic mass is 10.1. The van der Waals surface area contributed by atoms with E-state index in [1.807, 2.05) is 0 Å². The molecule has 0 saturated carbocycles. The summed E-state index contributed by atoms with van der Waals surface area (Å²) in [5.41, 5.74) is -0.927. The molecule has 0 saturated heterocycles. The minimum atomic E-state index is -4.73. The quantitative estimate of drug-likeness (QED) is 0.726. The first kappa shape index (κ1) is 12.3. The van der Waals surface area contributed by atoms with Gasteiger partial charge in [0.05, 0.1) is 10.5 Å². The Morgan fingerprint density at radius 1 is 1.27 bits per heavy atom. The monoisotopic (exact) mass is 258 g/mol. The molecule has 0 unspecified atom stereocenters. The molecule has 0 N–H and O–H groups in total. The van der Waals surface area contributed by atoms with Gasteiger partial charge in [-0.25, -0.2) is 8.42 Å². The zero-order valence-corrected chi connectivity index (χ0v) is 9.04. The van der Waals surface area contributed by atoms with Crippen LogP contribution in [0.5, 0.6) is 0 Å². The fourth-order valence-electron chi connectivity index (χ4n) is 1.08. The second kappa shape index (κ2) is 3.68. The molecule has 0 atom stereocenters. The van der Waals surface area contributed by atoms with Crippen molar-refractivity contribution in [3.63, 3.8) is 0 Å². The van der Waals surface area contributed by atoms with Gasteiger partial charge in [-0.2, -0.15) is 13.2 Å². The van der Waals surface area contributed by atoms with E-state index in [0.29, 0.717) is 5.56 Å². The van der Waals surface area contributed by atoms with Crippen LogP contribution in [0.25, 0.3) is 0 Å². The fourth-order valence-corrected chi connectivity index (χ4v) is 2.15. The van der Waals surface area contributed by atoms with Gasteiger partial charge in [-0.15, -0.1) is 0 Å². The molecule has 1 aromatic rings. The molecule has 1 aromatic carbocycles. The number of hydrogen-bond acceptors (Lipinski definition) is 2. The van der Waals surface area contributed by atoms with Crippen molar-refractivity contribution in [3.05, 3.63) is 29.3 Å². The number of halogens is 4. The van der Waals surface area contributed by atoms with Crippen LogP contribution in [0.15, 0.2) is 23.1 Å². The summed E-state index contributed by atoms with van der Waals surface area (Å²) >= 11 is 0. The summed E-state index contributed by atoms with van der Waals surface area (Å²) in [5.74, 6) is 0.